The Morgan fingerprint density at radius 3 is 1.05 bits per heavy atom. The van der Waals surface area contributed by atoms with Crippen LogP contribution in [0.3, 0.4) is 0 Å². The lowest BCUT2D eigenvalue weighted by molar-refractivity contribution is 1.09. The standard InChI is InChI=1S/C18H22N/c1-11-7-13(3)17(14(4)8-11)19-18-15(5)9-12(2)10-16(18)6/h7-10H,1-6H3. The molecule has 0 saturated heterocycles. The highest BCUT2D eigenvalue weighted by Gasteiger charge is 2.10. The van der Waals surface area contributed by atoms with Gasteiger partial charge < -0.3 is 0 Å². The summed E-state index contributed by atoms with van der Waals surface area (Å²) in [5.41, 5.74) is 9.81. The van der Waals surface area contributed by atoms with Crippen LogP contribution in [-0.2, 0) is 0 Å². The van der Waals surface area contributed by atoms with E-state index < -0.39 is 0 Å². The molecule has 2 aromatic carbocycles. The van der Waals surface area contributed by atoms with Gasteiger partial charge in [0, 0.05) is 0 Å². The summed E-state index contributed by atoms with van der Waals surface area (Å²) in [6.45, 7) is 12.8. The highest BCUT2D eigenvalue weighted by molar-refractivity contribution is 5.63. The lowest BCUT2D eigenvalue weighted by Gasteiger charge is -2.15. The minimum Gasteiger partial charge on any atom is -0.248 e. The number of hydrogen-bond donors (Lipinski definition) is 0. The SMILES string of the molecule is Cc1cc(C)c([N]c2c(C)cc(C)cc2C)c(C)c1. The molecule has 0 aliphatic heterocycles. The zero-order valence-electron chi connectivity index (χ0n) is 12.8. The van der Waals surface area contributed by atoms with Crippen molar-refractivity contribution in [3.63, 3.8) is 0 Å². The van der Waals surface area contributed by atoms with E-state index in [0.717, 1.165) is 11.4 Å². The third-order valence-corrected chi connectivity index (χ3v) is 3.49. The number of hydrogen-bond acceptors (Lipinski definition) is 0. The maximum Gasteiger partial charge on any atom is 0.0695 e. The average Bonchev–Trinajstić information content (AvgIpc) is 2.25. The normalized spacial score (nSPS) is 10.6. The molecular formula is C18H22N. The molecule has 0 aliphatic rings. The molecule has 1 radical (unpaired) electrons. The largest absolute Gasteiger partial charge is 0.248 e. The van der Waals surface area contributed by atoms with Crippen molar-refractivity contribution in [1.82, 2.24) is 5.32 Å². The number of nitrogens with zero attached hydrogens (tertiary/aromatic N) is 1. The zero-order valence-corrected chi connectivity index (χ0v) is 12.8. The molecule has 0 amide bonds. The zero-order chi connectivity index (χ0) is 14.2. The lowest BCUT2D eigenvalue weighted by Crippen LogP contribution is -2.00. The van der Waals surface area contributed by atoms with Gasteiger partial charge in [0.05, 0.1) is 11.4 Å². The quantitative estimate of drug-likeness (QED) is 0.705. The van der Waals surface area contributed by atoms with E-state index in [9.17, 15) is 0 Å². The van der Waals surface area contributed by atoms with Crippen LogP contribution < -0.4 is 5.32 Å². The molecule has 19 heavy (non-hydrogen) atoms. The smallest absolute Gasteiger partial charge is 0.0695 e. The van der Waals surface area contributed by atoms with Crippen LogP contribution in [0.15, 0.2) is 24.3 Å². The number of aryl methyl sites for hydroxylation is 6. The molecule has 2 aromatic rings. The van der Waals surface area contributed by atoms with E-state index in [-0.39, 0.29) is 0 Å². The van der Waals surface area contributed by atoms with Gasteiger partial charge >= 0.3 is 0 Å². The minimum absolute atomic E-state index is 1.11. The van der Waals surface area contributed by atoms with Crippen LogP contribution in [0.1, 0.15) is 33.4 Å². The van der Waals surface area contributed by atoms with E-state index >= 15 is 0 Å². The predicted octanol–water partition coefficient (Wildman–Crippen LogP) is 5.10. The molecule has 0 aromatic heterocycles. The lowest BCUT2D eigenvalue weighted by atomic mass is 10.0. The number of rotatable bonds is 2. The van der Waals surface area contributed by atoms with Crippen molar-refractivity contribution in [3.8, 4) is 0 Å². The van der Waals surface area contributed by atoms with E-state index in [1.54, 1.807) is 0 Å². The fraction of sp³-hybridized carbons (Fsp3) is 0.333. The maximum absolute atomic E-state index is 4.92. The molecular weight excluding hydrogens is 230 g/mol. The minimum atomic E-state index is 1.11. The summed E-state index contributed by atoms with van der Waals surface area (Å²) in [5, 5.41) is 4.92. The number of benzene rings is 2. The Labute approximate surface area is 116 Å². The van der Waals surface area contributed by atoms with Crippen molar-refractivity contribution in [2.24, 2.45) is 0 Å². The fourth-order valence-corrected chi connectivity index (χ4v) is 2.81. The van der Waals surface area contributed by atoms with Crippen molar-refractivity contribution in [1.29, 1.82) is 0 Å². The second-order valence-electron chi connectivity index (χ2n) is 5.61. The Hall–Kier alpha value is -1.76. The molecule has 1 heteroatoms. The summed E-state index contributed by atoms with van der Waals surface area (Å²) in [4.78, 5) is 0. The molecule has 0 fully saturated rings. The molecule has 1 nitrogen and oxygen atoms in total. The molecule has 0 aliphatic carbocycles. The van der Waals surface area contributed by atoms with Gasteiger partial charge in [-0.25, -0.2) is 5.32 Å². The summed E-state index contributed by atoms with van der Waals surface area (Å²) in [5.74, 6) is 0. The first kappa shape index (κ1) is 13.7. The van der Waals surface area contributed by atoms with E-state index in [2.05, 4.69) is 65.8 Å². The third-order valence-electron chi connectivity index (χ3n) is 3.49. The van der Waals surface area contributed by atoms with E-state index in [0.29, 0.717) is 0 Å². The summed E-state index contributed by atoms with van der Waals surface area (Å²) in [6.07, 6.45) is 0. The molecule has 0 saturated carbocycles. The van der Waals surface area contributed by atoms with Crippen LogP contribution >= 0.6 is 0 Å². The Kier molecular flexibility index (Phi) is 3.66. The van der Waals surface area contributed by atoms with Gasteiger partial charge in [-0.1, -0.05) is 35.4 Å². The van der Waals surface area contributed by atoms with Crippen LogP contribution in [0, 0.1) is 41.5 Å². The van der Waals surface area contributed by atoms with E-state index in [1.807, 2.05) is 0 Å². The van der Waals surface area contributed by atoms with Crippen LogP contribution in [0.5, 0.6) is 0 Å². The Bertz CT molecular complexity index is 522. The first-order valence-corrected chi connectivity index (χ1v) is 6.76. The molecule has 0 spiro atoms. The second kappa shape index (κ2) is 5.08. The molecule has 0 unspecified atom stereocenters. The fourth-order valence-electron chi connectivity index (χ4n) is 2.81. The van der Waals surface area contributed by atoms with Crippen molar-refractivity contribution >= 4 is 11.4 Å². The van der Waals surface area contributed by atoms with Crippen LogP contribution in [0.25, 0.3) is 0 Å². The summed E-state index contributed by atoms with van der Waals surface area (Å²) < 4.78 is 0. The van der Waals surface area contributed by atoms with Gasteiger partial charge in [0.15, 0.2) is 0 Å². The topological polar surface area (TPSA) is 14.1 Å². The molecule has 0 atom stereocenters. The Morgan fingerprint density at radius 1 is 0.526 bits per heavy atom. The third kappa shape index (κ3) is 2.81. The predicted molar refractivity (Wildman–Crippen MR) is 82.8 cm³/mol. The van der Waals surface area contributed by atoms with Gasteiger partial charge in [0.25, 0.3) is 0 Å². The molecule has 0 N–H and O–H groups in total. The van der Waals surface area contributed by atoms with Gasteiger partial charge in [-0.2, -0.15) is 0 Å². The molecule has 0 bridgehead atoms. The highest BCUT2D eigenvalue weighted by atomic mass is 14.9. The van der Waals surface area contributed by atoms with Crippen LogP contribution in [0.4, 0.5) is 11.4 Å². The van der Waals surface area contributed by atoms with Crippen molar-refractivity contribution in [2.45, 2.75) is 41.5 Å². The Morgan fingerprint density at radius 2 is 0.789 bits per heavy atom. The van der Waals surface area contributed by atoms with E-state index in [1.165, 1.54) is 33.4 Å². The van der Waals surface area contributed by atoms with Gasteiger partial charge in [0.2, 0.25) is 0 Å². The van der Waals surface area contributed by atoms with Crippen LogP contribution in [0.2, 0.25) is 0 Å². The molecule has 0 heterocycles. The Balaban J connectivity index is 2.48. The summed E-state index contributed by atoms with van der Waals surface area (Å²) in [7, 11) is 0. The van der Waals surface area contributed by atoms with Crippen molar-refractivity contribution < 1.29 is 0 Å². The van der Waals surface area contributed by atoms with E-state index in [4.69, 9.17) is 5.32 Å². The van der Waals surface area contributed by atoms with Gasteiger partial charge in [-0.05, 0) is 63.8 Å². The van der Waals surface area contributed by atoms with Gasteiger partial charge in [-0.3, -0.25) is 0 Å². The van der Waals surface area contributed by atoms with Crippen molar-refractivity contribution in [3.05, 3.63) is 57.6 Å². The first-order valence-electron chi connectivity index (χ1n) is 6.76. The monoisotopic (exact) mass is 252 g/mol. The molecule has 99 valence electrons. The second-order valence-corrected chi connectivity index (χ2v) is 5.61. The summed E-state index contributed by atoms with van der Waals surface area (Å²) >= 11 is 0. The van der Waals surface area contributed by atoms with Crippen LogP contribution in [-0.4, -0.2) is 0 Å². The van der Waals surface area contributed by atoms with Gasteiger partial charge in [-0.15, -0.1) is 0 Å². The summed E-state index contributed by atoms with van der Waals surface area (Å²) in [6, 6.07) is 8.80. The highest BCUT2D eigenvalue weighted by Crippen LogP contribution is 2.30. The maximum atomic E-state index is 4.92. The van der Waals surface area contributed by atoms with Crippen molar-refractivity contribution in [2.75, 3.05) is 0 Å². The average molecular weight is 252 g/mol. The van der Waals surface area contributed by atoms with Gasteiger partial charge in [0.1, 0.15) is 0 Å². The molecule has 2 rings (SSSR count). The first-order chi connectivity index (χ1) is 8.88.